The first-order valence-corrected chi connectivity index (χ1v) is 7.09. The van der Waals surface area contributed by atoms with Crippen molar-refractivity contribution in [2.24, 2.45) is 0 Å². The summed E-state index contributed by atoms with van der Waals surface area (Å²) in [5.74, 6) is 0. The van der Waals surface area contributed by atoms with Crippen LogP contribution in [0.2, 0.25) is 18.3 Å². The van der Waals surface area contributed by atoms with Crippen LogP contribution in [0.25, 0.3) is 0 Å². The van der Waals surface area contributed by atoms with E-state index in [0.717, 1.165) is 11.7 Å². The van der Waals surface area contributed by atoms with Crippen molar-refractivity contribution in [2.45, 2.75) is 25.2 Å². The molecular weight excluding hydrogens is 140 g/mol. The van der Waals surface area contributed by atoms with E-state index in [1.807, 2.05) is 0 Å². The van der Waals surface area contributed by atoms with E-state index < -0.39 is 7.38 Å². The van der Waals surface area contributed by atoms with E-state index in [4.69, 9.17) is 11.1 Å². The highest BCUT2D eigenvalue weighted by Gasteiger charge is 2.17. The van der Waals surface area contributed by atoms with Crippen molar-refractivity contribution < 1.29 is 0 Å². The minimum atomic E-state index is -1.27. The van der Waals surface area contributed by atoms with Gasteiger partial charge in [0, 0.05) is 10.2 Å². The lowest BCUT2D eigenvalue weighted by Crippen LogP contribution is -2.19. The maximum absolute atomic E-state index is 6.00. The van der Waals surface area contributed by atoms with E-state index in [0.29, 0.717) is 0 Å². The zero-order chi connectivity index (χ0) is 5.91. The Hall–Kier alpha value is 0.724. The quantitative estimate of drug-likeness (QED) is 0.416. The van der Waals surface area contributed by atoms with E-state index in [2.05, 4.69) is 23.7 Å². The lowest BCUT2D eigenvalue weighted by molar-refractivity contribution is 1.39. The van der Waals surface area contributed by atoms with Gasteiger partial charge < -0.3 is 0 Å². The highest BCUT2D eigenvalue weighted by Crippen LogP contribution is 2.16. The second-order valence-electron chi connectivity index (χ2n) is 1.94. The van der Waals surface area contributed by atoms with E-state index >= 15 is 0 Å². The Bertz CT molecular complexity index is 47.7. The van der Waals surface area contributed by atoms with E-state index in [1.54, 1.807) is 0 Å². The van der Waals surface area contributed by atoms with Crippen LogP contribution in [0.4, 0.5) is 0 Å². The normalized spacial score (nSPS) is 18.9. The molecule has 0 amide bonds. The molecule has 0 saturated heterocycles. The summed E-state index contributed by atoms with van der Waals surface area (Å²) in [4.78, 5) is 0. The molecule has 41 valence electrons. The van der Waals surface area contributed by atoms with Crippen LogP contribution in [0.3, 0.4) is 0 Å². The standard InChI is InChI=1S/C4H10ClSi2/c1-3-7(2,5)4-6/h3-4H2,1-2H3. The molecule has 0 aromatic heterocycles. The molecule has 0 fully saturated rings. The summed E-state index contributed by atoms with van der Waals surface area (Å²) in [5, 5.41) is 0. The average molecular weight is 150 g/mol. The van der Waals surface area contributed by atoms with Crippen LogP contribution >= 0.6 is 11.1 Å². The molecule has 0 aliphatic heterocycles. The predicted octanol–water partition coefficient (Wildman–Crippen LogP) is 1.95. The van der Waals surface area contributed by atoms with Crippen molar-refractivity contribution in [2.75, 3.05) is 0 Å². The van der Waals surface area contributed by atoms with Crippen molar-refractivity contribution in [1.82, 2.24) is 0 Å². The topological polar surface area (TPSA) is 0 Å². The molecule has 0 saturated carbocycles. The molecule has 0 nitrogen and oxygen atoms in total. The summed E-state index contributed by atoms with van der Waals surface area (Å²) in [6.45, 7) is 4.29. The number of hydrogen-bond acceptors (Lipinski definition) is 0. The van der Waals surface area contributed by atoms with Gasteiger partial charge in [-0.05, 0) is 6.04 Å². The van der Waals surface area contributed by atoms with Gasteiger partial charge in [0.15, 0.2) is 0 Å². The first-order chi connectivity index (χ1) is 3.12. The van der Waals surface area contributed by atoms with Gasteiger partial charge in [-0.15, -0.1) is 0 Å². The Morgan fingerprint density at radius 2 is 2.14 bits per heavy atom. The van der Waals surface area contributed by atoms with Crippen LogP contribution in [0.5, 0.6) is 0 Å². The van der Waals surface area contributed by atoms with Crippen molar-refractivity contribution >= 4 is 28.7 Å². The summed E-state index contributed by atoms with van der Waals surface area (Å²) < 4.78 is 0. The van der Waals surface area contributed by atoms with Crippen molar-refractivity contribution in [3.05, 3.63) is 0 Å². The van der Waals surface area contributed by atoms with E-state index in [1.165, 1.54) is 0 Å². The van der Waals surface area contributed by atoms with Gasteiger partial charge in [-0.1, -0.05) is 19.1 Å². The van der Waals surface area contributed by atoms with Gasteiger partial charge in [-0.3, -0.25) is 0 Å². The van der Waals surface area contributed by atoms with Gasteiger partial charge >= 0.3 is 0 Å². The summed E-state index contributed by atoms with van der Waals surface area (Å²) in [6.07, 6.45) is 0. The lowest BCUT2D eigenvalue weighted by atomic mass is 11.0. The fraction of sp³-hybridized carbons (Fsp3) is 1.00. The van der Waals surface area contributed by atoms with Gasteiger partial charge in [0.1, 0.15) is 7.38 Å². The van der Waals surface area contributed by atoms with E-state index in [9.17, 15) is 0 Å². The summed E-state index contributed by atoms with van der Waals surface area (Å²) >= 11 is 6.00. The first-order valence-electron chi connectivity index (χ1n) is 2.46. The molecule has 7 heavy (non-hydrogen) atoms. The zero-order valence-electron chi connectivity index (χ0n) is 4.79. The Balaban J connectivity index is 3.36. The second kappa shape index (κ2) is 2.89. The van der Waals surface area contributed by atoms with Gasteiger partial charge in [0.2, 0.25) is 0 Å². The first kappa shape index (κ1) is 7.72. The lowest BCUT2D eigenvalue weighted by Gasteiger charge is -2.11. The van der Waals surface area contributed by atoms with Crippen LogP contribution in [-0.4, -0.2) is 17.6 Å². The Kier molecular flexibility index (Phi) is 3.19. The van der Waals surface area contributed by atoms with Crippen molar-refractivity contribution in [1.29, 1.82) is 0 Å². The van der Waals surface area contributed by atoms with E-state index in [-0.39, 0.29) is 0 Å². The van der Waals surface area contributed by atoms with Crippen molar-refractivity contribution in [3.8, 4) is 0 Å². The molecule has 0 aromatic carbocycles. The number of halogens is 1. The van der Waals surface area contributed by atoms with Gasteiger partial charge in [-0.25, -0.2) is 0 Å². The SMILES string of the molecule is CC[Si](C)(Cl)C[Si]. The molecule has 1 unspecified atom stereocenters. The van der Waals surface area contributed by atoms with Crippen LogP contribution in [0.1, 0.15) is 6.92 Å². The molecule has 0 aliphatic rings. The Morgan fingerprint density at radius 1 is 1.71 bits per heavy atom. The van der Waals surface area contributed by atoms with Crippen molar-refractivity contribution in [3.63, 3.8) is 0 Å². The van der Waals surface area contributed by atoms with Gasteiger partial charge in [0.25, 0.3) is 0 Å². The fourth-order valence-electron chi connectivity index (χ4n) is 0.125. The minimum Gasteiger partial charge on any atom is -0.168 e. The largest absolute Gasteiger partial charge is 0.168 e. The molecule has 0 bridgehead atoms. The molecule has 0 aliphatic carbocycles. The minimum absolute atomic E-state index is 1.01. The summed E-state index contributed by atoms with van der Waals surface area (Å²) in [7, 11) is 2.14. The smallest absolute Gasteiger partial charge is 0.150 e. The van der Waals surface area contributed by atoms with Gasteiger partial charge in [0.05, 0.1) is 0 Å². The maximum Gasteiger partial charge on any atom is 0.150 e. The molecular formula is C4H10ClSi2. The predicted molar refractivity (Wildman–Crippen MR) is 38.5 cm³/mol. The summed E-state index contributed by atoms with van der Waals surface area (Å²) in [6, 6.07) is 1.15. The zero-order valence-corrected chi connectivity index (χ0v) is 7.55. The van der Waals surface area contributed by atoms with Crippen LogP contribution < -0.4 is 0 Å². The monoisotopic (exact) mass is 149 g/mol. The van der Waals surface area contributed by atoms with Crippen LogP contribution in [0, 0.1) is 0 Å². The van der Waals surface area contributed by atoms with Crippen LogP contribution in [0.15, 0.2) is 0 Å². The van der Waals surface area contributed by atoms with Crippen LogP contribution in [-0.2, 0) is 0 Å². The Labute approximate surface area is 54.4 Å². The molecule has 3 radical (unpaired) electrons. The Morgan fingerprint density at radius 3 is 2.14 bits per heavy atom. The molecule has 0 N–H and O–H groups in total. The molecule has 0 spiro atoms. The third-order valence-corrected chi connectivity index (χ3v) is 7.53. The highest BCUT2D eigenvalue weighted by atomic mass is 35.6. The highest BCUT2D eigenvalue weighted by molar-refractivity contribution is 7.21. The third-order valence-electron chi connectivity index (χ3n) is 1.11. The molecule has 0 aromatic rings. The molecule has 3 heteroatoms. The molecule has 0 rings (SSSR count). The summed E-state index contributed by atoms with van der Waals surface area (Å²) in [5.41, 5.74) is 1.01. The molecule has 1 atom stereocenters. The average Bonchev–Trinajstić information content (AvgIpc) is 1.68. The van der Waals surface area contributed by atoms with Gasteiger partial charge in [-0.2, -0.15) is 11.1 Å². The fourth-order valence-corrected chi connectivity index (χ4v) is 1.12. The number of rotatable bonds is 2. The third kappa shape index (κ3) is 3.32. The second-order valence-corrected chi connectivity index (χ2v) is 9.63. The maximum atomic E-state index is 6.00. The molecule has 0 heterocycles. The number of hydrogen-bond donors (Lipinski definition) is 0.